The molecule has 0 radical (unpaired) electrons. The lowest BCUT2D eigenvalue weighted by Crippen LogP contribution is -2.35. The first kappa shape index (κ1) is 51.4. The van der Waals surface area contributed by atoms with Gasteiger partial charge in [-0.3, -0.25) is 9.59 Å². The quantitative estimate of drug-likeness (QED) is 0.0663. The van der Waals surface area contributed by atoms with E-state index < -0.39 is 91.5 Å². The zero-order valence-corrected chi connectivity index (χ0v) is 33.2. The van der Waals surface area contributed by atoms with Crippen LogP contribution in [-0.2, 0) is 53.2 Å². The average Bonchev–Trinajstić information content (AvgIpc) is 3.13. The Kier molecular flexibility index (Phi) is 20.3. The molecule has 0 N–H and O–H groups in total. The summed E-state index contributed by atoms with van der Waals surface area (Å²) in [4.78, 5) is 25.1. The monoisotopic (exact) mass is 884 g/mol. The predicted octanol–water partition coefficient (Wildman–Crippen LogP) is 9.74. The van der Waals surface area contributed by atoms with Gasteiger partial charge in [0.05, 0.1) is 48.7 Å². The minimum absolute atomic E-state index is 0.00797. The Morgan fingerprint density at radius 2 is 0.763 bits per heavy atom. The smallest absolute Gasteiger partial charge is 0.380 e. The molecule has 0 aliphatic carbocycles. The van der Waals surface area contributed by atoms with Crippen molar-refractivity contribution in [3.05, 3.63) is 69.8 Å². The number of benzene rings is 2. The third-order valence-electron chi connectivity index (χ3n) is 8.03. The summed E-state index contributed by atoms with van der Waals surface area (Å²) < 4.78 is 195. The van der Waals surface area contributed by atoms with E-state index in [1.54, 1.807) is 27.7 Å². The fourth-order valence-electron chi connectivity index (χ4n) is 5.41. The lowest BCUT2D eigenvalue weighted by molar-refractivity contribution is -0.164. The highest BCUT2D eigenvalue weighted by Gasteiger charge is 2.49. The van der Waals surface area contributed by atoms with Gasteiger partial charge in [0.2, 0.25) is 11.8 Å². The molecule has 332 valence electrons. The van der Waals surface area contributed by atoms with Crippen molar-refractivity contribution in [3.8, 4) is 0 Å². The van der Waals surface area contributed by atoms with Gasteiger partial charge in [-0.05, 0) is 63.1 Å². The molecular weight excluding hydrogens is 840 g/mol. The van der Waals surface area contributed by atoms with Crippen LogP contribution in [0.15, 0.2) is 46.2 Å². The summed E-state index contributed by atoms with van der Waals surface area (Å²) >= 11 is -0.618. The lowest BCUT2D eigenvalue weighted by atomic mass is 9.99. The van der Waals surface area contributed by atoms with Gasteiger partial charge >= 0.3 is 24.7 Å². The topological polar surface area (TPSA) is 77.5 Å². The highest BCUT2D eigenvalue weighted by atomic mass is 32.2. The number of hydrogen-bond acceptors (Lipinski definition) is 7. The maximum absolute atomic E-state index is 14.6. The highest BCUT2D eigenvalue weighted by Crippen LogP contribution is 2.52. The number of carbonyl (C=O) groups excluding carboxylic acids is 2. The van der Waals surface area contributed by atoms with Gasteiger partial charge in [0.25, 0.3) is 0 Å². The maximum Gasteiger partial charge on any atom is 0.418 e. The first-order chi connectivity index (χ1) is 27.5. The van der Waals surface area contributed by atoms with Crippen molar-refractivity contribution < 1.29 is 81.2 Å². The Labute approximate surface area is 337 Å². The molecule has 2 amide bonds. The summed E-state index contributed by atoms with van der Waals surface area (Å²) in [5.41, 5.74) is -12.2. The van der Waals surface area contributed by atoms with Gasteiger partial charge in [-0.1, -0.05) is 23.9 Å². The molecule has 0 fully saturated rings. The Morgan fingerprint density at radius 3 is 1.00 bits per heavy atom. The lowest BCUT2D eigenvalue weighted by Gasteiger charge is -2.24. The summed E-state index contributed by atoms with van der Waals surface area (Å²) in [6.07, 6.45) is -21.5. The van der Waals surface area contributed by atoms with Gasteiger partial charge in [0, 0.05) is 74.5 Å². The van der Waals surface area contributed by atoms with E-state index in [4.69, 9.17) is 18.9 Å². The second kappa shape index (κ2) is 23.3. The van der Waals surface area contributed by atoms with Crippen molar-refractivity contribution >= 4 is 35.7 Å². The standard InChI is InChI=1S/C38H44F12N2O6S/c1-5-55-21-17-51(18-22-56-6-2)29(53)15-11-25-9-13-27(33(37(45,46)47)31(25)35(39,40)41)59-28-14-10-26(32(36(42,43)44)34(28)38(48,49)50)12-16-30(54)52(19-23-57-7-3)20-24-58-8-4/h9-16H,5-8,17-24H2,1-4H3/b15-11+,16-12+. The van der Waals surface area contributed by atoms with Gasteiger partial charge in [0.1, 0.15) is 0 Å². The van der Waals surface area contributed by atoms with Crippen LogP contribution in [-0.4, -0.2) is 101 Å². The largest absolute Gasteiger partial charge is 0.418 e. The van der Waals surface area contributed by atoms with E-state index in [0.29, 0.717) is 48.6 Å². The van der Waals surface area contributed by atoms with Crippen molar-refractivity contribution in [3.63, 3.8) is 0 Å². The minimum atomic E-state index is -5.92. The number of rotatable bonds is 22. The van der Waals surface area contributed by atoms with Gasteiger partial charge in [-0.25, -0.2) is 0 Å². The van der Waals surface area contributed by atoms with E-state index in [-0.39, 0.29) is 79.0 Å². The molecule has 0 bridgehead atoms. The molecule has 2 aromatic rings. The van der Waals surface area contributed by atoms with E-state index in [2.05, 4.69) is 0 Å². The van der Waals surface area contributed by atoms with Gasteiger partial charge in [0.15, 0.2) is 0 Å². The van der Waals surface area contributed by atoms with E-state index >= 15 is 0 Å². The number of carbonyl (C=O) groups is 2. The van der Waals surface area contributed by atoms with Crippen molar-refractivity contribution in [1.82, 2.24) is 9.80 Å². The Bertz CT molecular complexity index is 1580. The molecule has 8 nitrogen and oxygen atoms in total. The third kappa shape index (κ3) is 16.0. The second-order valence-corrected chi connectivity index (χ2v) is 13.1. The normalized spacial score (nSPS) is 12.9. The summed E-state index contributed by atoms with van der Waals surface area (Å²) in [6, 6.07) is 1.65. The van der Waals surface area contributed by atoms with E-state index in [0.717, 1.165) is 9.80 Å². The molecule has 21 heteroatoms. The number of nitrogens with zero attached hydrogens (tertiary/aromatic N) is 2. The Morgan fingerprint density at radius 1 is 0.492 bits per heavy atom. The van der Waals surface area contributed by atoms with Crippen molar-refractivity contribution in [2.24, 2.45) is 0 Å². The molecule has 0 atom stereocenters. The molecule has 0 saturated carbocycles. The first-order valence-corrected chi connectivity index (χ1v) is 18.9. The first-order valence-electron chi connectivity index (χ1n) is 18.1. The average molecular weight is 885 g/mol. The molecule has 0 aliphatic heterocycles. The van der Waals surface area contributed by atoms with Crippen LogP contribution in [0.4, 0.5) is 52.7 Å². The van der Waals surface area contributed by atoms with Crippen LogP contribution in [0, 0.1) is 0 Å². The molecule has 0 heterocycles. The molecule has 2 rings (SSSR count). The number of alkyl halides is 12. The van der Waals surface area contributed by atoms with Crippen LogP contribution in [0.3, 0.4) is 0 Å². The van der Waals surface area contributed by atoms with E-state index in [1.165, 1.54) is 0 Å². The van der Waals surface area contributed by atoms with Crippen molar-refractivity contribution in [2.75, 3.05) is 79.0 Å². The van der Waals surface area contributed by atoms with Crippen LogP contribution < -0.4 is 0 Å². The minimum Gasteiger partial charge on any atom is -0.380 e. The molecule has 59 heavy (non-hydrogen) atoms. The fourth-order valence-corrected chi connectivity index (χ4v) is 6.56. The van der Waals surface area contributed by atoms with Crippen LogP contribution in [0.2, 0.25) is 0 Å². The number of hydrogen-bond donors (Lipinski definition) is 0. The van der Waals surface area contributed by atoms with Crippen molar-refractivity contribution in [2.45, 2.75) is 62.2 Å². The molecule has 0 spiro atoms. The molecule has 2 aromatic carbocycles. The SMILES string of the molecule is CCOCCN(CCOCC)C(=O)/C=C/c1ccc(Sc2ccc(/C=C/C(=O)N(CCOCC)CCOCC)c(C(F)(F)F)c2C(F)(F)F)c(C(F)(F)F)c1C(F)(F)F. The second-order valence-electron chi connectivity index (χ2n) is 12.0. The van der Waals surface area contributed by atoms with Crippen molar-refractivity contribution in [1.29, 1.82) is 0 Å². The summed E-state index contributed by atoms with van der Waals surface area (Å²) in [7, 11) is 0. The van der Waals surface area contributed by atoms with Crippen LogP contribution in [0.1, 0.15) is 61.1 Å². The summed E-state index contributed by atoms with van der Waals surface area (Å²) in [6.45, 7) is 7.47. The van der Waals surface area contributed by atoms with Gasteiger partial charge in [-0.15, -0.1) is 0 Å². The number of halogens is 12. The molecular formula is C38H44F12N2O6S. The molecule has 0 aliphatic rings. The van der Waals surface area contributed by atoms with Gasteiger partial charge in [-0.2, -0.15) is 52.7 Å². The molecule has 0 unspecified atom stereocenters. The summed E-state index contributed by atoms with van der Waals surface area (Å²) in [5.74, 6) is -1.86. The number of ether oxygens (including phenoxy) is 4. The summed E-state index contributed by atoms with van der Waals surface area (Å²) in [5, 5.41) is 0. The Hall–Kier alpha value is -3.79. The molecule has 0 saturated heterocycles. The van der Waals surface area contributed by atoms with Gasteiger partial charge < -0.3 is 28.7 Å². The highest BCUT2D eigenvalue weighted by molar-refractivity contribution is 7.99. The number of amides is 2. The zero-order valence-electron chi connectivity index (χ0n) is 32.4. The predicted molar refractivity (Wildman–Crippen MR) is 194 cm³/mol. The zero-order chi connectivity index (χ0) is 44.6. The maximum atomic E-state index is 14.6. The van der Waals surface area contributed by atoms with Crippen LogP contribution in [0.25, 0.3) is 12.2 Å². The third-order valence-corrected chi connectivity index (χ3v) is 9.15. The van der Waals surface area contributed by atoms with E-state index in [9.17, 15) is 62.3 Å². The van der Waals surface area contributed by atoms with E-state index in [1.807, 2.05) is 0 Å². The van der Waals surface area contributed by atoms with Crippen LogP contribution in [0.5, 0.6) is 0 Å². The fraction of sp³-hybridized carbons (Fsp3) is 0.526. The molecule has 0 aromatic heterocycles. The van der Waals surface area contributed by atoms with Crippen LogP contribution >= 0.6 is 11.8 Å². The Balaban J connectivity index is 2.78.